The molecular formula is C23H17ClN2O5. The minimum atomic E-state index is -0.526. The number of ether oxygens (including phenoxy) is 1. The zero-order valence-corrected chi connectivity index (χ0v) is 17.2. The number of aromatic hydroxyl groups is 1. The summed E-state index contributed by atoms with van der Waals surface area (Å²) in [4.78, 5) is 25.7. The molecule has 0 spiro atoms. The van der Waals surface area contributed by atoms with Crippen molar-refractivity contribution in [1.29, 1.82) is 0 Å². The van der Waals surface area contributed by atoms with E-state index in [-0.39, 0.29) is 30.0 Å². The molecule has 8 heteroatoms. The number of phenolic OH excluding ortho intramolecular Hbond substituents is 1. The van der Waals surface area contributed by atoms with Gasteiger partial charge >= 0.3 is 0 Å². The summed E-state index contributed by atoms with van der Waals surface area (Å²) in [7, 11) is 1.50. The molecule has 3 aromatic carbocycles. The van der Waals surface area contributed by atoms with Gasteiger partial charge in [-0.1, -0.05) is 17.7 Å². The van der Waals surface area contributed by atoms with Crippen LogP contribution in [-0.2, 0) is 6.54 Å². The lowest BCUT2D eigenvalue weighted by Crippen LogP contribution is -2.20. The molecule has 0 saturated carbocycles. The van der Waals surface area contributed by atoms with Crippen molar-refractivity contribution < 1.29 is 24.5 Å². The first-order valence-electron chi connectivity index (χ1n) is 9.57. The fraction of sp³-hybridized carbons (Fsp3) is 0.130. The highest BCUT2D eigenvalue weighted by atomic mass is 35.5. The normalized spacial score (nSPS) is 13.1. The molecule has 5 rings (SSSR count). The molecule has 2 heterocycles. The van der Waals surface area contributed by atoms with Crippen LogP contribution >= 0.6 is 11.6 Å². The molecule has 0 saturated heterocycles. The SMILES string of the molecule is COc1cccc(Cl)c1-c1cc2c(c3c1C(=O)NC3=O)c1cc(O)ccc1n2CCO. The van der Waals surface area contributed by atoms with Crippen LogP contribution in [0.1, 0.15) is 20.7 Å². The molecule has 3 N–H and O–H groups in total. The number of nitrogens with one attached hydrogen (secondary N) is 1. The van der Waals surface area contributed by atoms with Gasteiger partial charge in [0.2, 0.25) is 0 Å². The Kier molecular flexibility index (Phi) is 4.39. The number of hydrogen-bond donors (Lipinski definition) is 3. The summed E-state index contributed by atoms with van der Waals surface area (Å²) in [5.74, 6) is -0.555. The summed E-state index contributed by atoms with van der Waals surface area (Å²) in [6, 6.07) is 11.7. The molecule has 156 valence electrons. The van der Waals surface area contributed by atoms with Gasteiger partial charge in [-0.3, -0.25) is 14.9 Å². The van der Waals surface area contributed by atoms with E-state index in [0.717, 1.165) is 5.52 Å². The Hall–Kier alpha value is -3.55. The second-order valence-corrected chi connectivity index (χ2v) is 7.65. The van der Waals surface area contributed by atoms with Crippen LogP contribution < -0.4 is 10.1 Å². The first-order chi connectivity index (χ1) is 15.0. The zero-order chi connectivity index (χ0) is 21.9. The predicted molar refractivity (Wildman–Crippen MR) is 117 cm³/mol. The minimum Gasteiger partial charge on any atom is -0.508 e. The summed E-state index contributed by atoms with van der Waals surface area (Å²) in [5.41, 5.74) is 2.73. The maximum atomic E-state index is 12.9. The molecule has 0 unspecified atom stereocenters. The van der Waals surface area contributed by atoms with E-state index >= 15 is 0 Å². The Morgan fingerprint density at radius 1 is 1.03 bits per heavy atom. The van der Waals surface area contributed by atoms with Gasteiger partial charge in [0.05, 0.1) is 35.4 Å². The quantitative estimate of drug-likeness (QED) is 0.423. The molecule has 2 amide bonds. The van der Waals surface area contributed by atoms with Gasteiger partial charge in [-0.15, -0.1) is 0 Å². The average Bonchev–Trinajstić information content (AvgIpc) is 3.21. The van der Waals surface area contributed by atoms with Crippen molar-refractivity contribution in [3.63, 3.8) is 0 Å². The van der Waals surface area contributed by atoms with Crippen LogP contribution in [0.5, 0.6) is 11.5 Å². The molecular weight excluding hydrogens is 420 g/mol. The van der Waals surface area contributed by atoms with Crippen LogP contribution in [-0.4, -0.2) is 40.3 Å². The van der Waals surface area contributed by atoms with Crippen molar-refractivity contribution in [1.82, 2.24) is 9.88 Å². The summed E-state index contributed by atoms with van der Waals surface area (Å²) < 4.78 is 7.34. The van der Waals surface area contributed by atoms with Crippen molar-refractivity contribution in [2.24, 2.45) is 0 Å². The number of rotatable bonds is 4. The van der Waals surface area contributed by atoms with Crippen LogP contribution in [0.3, 0.4) is 0 Å². The topological polar surface area (TPSA) is 101 Å². The number of carbonyl (C=O) groups is 2. The van der Waals surface area contributed by atoms with Crippen LogP contribution in [0, 0.1) is 0 Å². The molecule has 7 nitrogen and oxygen atoms in total. The Bertz CT molecular complexity index is 1420. The highest BCUT2D eigenvalue weighted by Crippen LogP contribution is 2.45. The highest BCUT2D eigenvalue weighted by molar-refractivity contribution is 6.36. The molecule has 31 heavy (non-hydrogen) atoms. The largest absolute Gasteiger partial charge is 0.508 e. The third-order valence-corrected chi connectivity index (χ3v) is 5.92. The first-order valence-corrected chi connectivity index (χ1v) is 9.95. The molecule has 1 aromatic heterocycles. The van der Waals surface area contributed by atoms with Gasteiger partial charge in [-0.2, -0.15) is 0 Å². The number of hydrogen-bond acceptors (Lipinski definition) is 5. The molecule has 4 aromatic rings. The summed E-state index contributed by atoms with van der Waals surface area (Å²) >= 11 is 6.50. The van der Waals surface area contributed by atoms with Gasteiger partial charge in [0.25, 0.3) is 11.8 Å². The fourth-order valence-electron chi connectivity index (χ4n) is 4.41. The van der Waals surface area contributed by atoms with Gasteiger partial charge in [0.15, 0.2) is 0 Å². The summed E-state index contributed by atoms with van der Waals surface area (Å²) in [5, 5.41) is 23.6. The van der Waals surface area contributed by atoms with Crippen molar-refractivity contribution in [3.05, 3.63) is 58.6 Å². The van der Waals surface area contributed by atoms with Gasteiger partial charge in [0.1, 0.15) is 11.5 Å². The Morgan fingerprint density at radius 2 is 1.81 bits per heavy atom. The van der Waals surface area contributed by atoms with E-state index in [1.165, 1.54) is 7.11 Å². The molecule has 0 atom stereocenters. The van der Waals surface area contributed by atoms with E-state index in [2.05, 4.69) is 5.32 Å². The third-order valence-electron chi connectivity index (χ3n) is 5.61. The number of phenols is 1. The second kappa shape index (κ2) is 7.01. The predicted octanol–water partition coefficient (Wildman–Crippen LogP) is 3.71. The number of methoxy groups -OCH3 is 1. The highest BCUT2D eigenvalue weighted by Gasteiger charge is 2.35. The first kappa shape index (κ1) is 19.4. The number of nitrogens with zero attached hydrogens (tertiary/aromatic N) is 1. The van der Waals surface area contributed by atoms with Crippen LogP contribution in [0.2, 0.25) is 5.02 Å². The van der Waals surface area contributed by atoms with E-state index in [0.29, 0.717) is 38.2 Å². The number of aromatic nitrogens is 1. The number of aliphatic hydroxyl groups excluding tert-OH is 1. The average molecular weight is 437 g/mol. The zero-order valence-electron chi connectivity index (χ0n) is 16.4. The van der Waals surface area contributed by atoms with Gasteiger partial charge in [-0.25, -0.2) is 0 Å². The van der Waals surface area contributed by atoms with E-state index in [9.17, 15) is 19.8 Å². The minimum absolute atomic E-state index is 0.0332. The molecule has 0 bridgehead atoms. The number of carbonyl (C=O) groups excluding carboxylic acids is 2. The van der Waals surface area contributed by atoms with Crippen LogP contribution in [0.25, 0.3) is 32.9 Å². The maximum Gasteiger partial charge on any atom is 0.259 e. The van der Waals surface area contributed by atoms with Gasteiger partial charge < -0.3 is 19.5 Å². The number of benzene rings is 3. The molecule has 0 fully saturated rings. The lowest BCUT2D eigenvalue weighted by Gasteiger charge is -2.14. The van der Waals surface area contributed by atoms with E-state index in [1.54, 1.807) is 42.5 Å². The number of halogens is 1. The Morgan fingerprint density at radius 3 is 2.55 bits per heavy atom. The van der Waals surface area contributed by atoms with Crippen molar-refractivity contribution in [2.45, 2.75) is 6.54 Å². The summed E-state index contributed by atoms with van der Waals surface area (Å²) in [6.45, 7) is 0.130. The molecule has 0 radical (unpaired) electrons. The van der Waals surface area contributed by atoms with Crippen LogP contribution in [0.15, 0.2) is 42.5 Å². The van der Waals surface area contributed by atoms with E-state index in [4.69, 9.17) is 16.3 Å². The van der Waals surface area contributed by atoms with E-state index < -0.39 is 11.8 Å². The number of amides is 2. The molecule has 0 aliphatic carbocycles. The summed E-state index contributed by atoms with van der Waals surface area (Å²) in [6.07, 6.45) is 0. The maximum absolute atomic E-state index is 12.9. The Labute approximate surface area is 181 Å². The van der Waals surface area contributed by atoms with Crippen molar-refractivity contribution in [2.75, 3.05) is 13.7 Å². The molecule has 1 aliphatic heterocycles. The smallest absolute Gasteiger partial charge is 0.259 e. The monoisotopic (exact) mass is 436 g/mol. The van der Waals surface area contributed by atoms with Crippen molar-refractivity contribution in [3.8, 4) is 22.6 Å². The third kappa shape index (κ3) is 2.71. The number of imide groups is 1. The number of fused-ring (bicyclic) bond motifs is 5. The fourth-order valence-corrected chi connectivity index (χ4v) is 4.68. The Balaban J connectivity index is 2.02. The van der Waals surface area contributed by atoms with Gasteiger partial charge in [0, 0.05) is 34.0 Å². The molecule has 1 aliphatic rings. The lowest BCUT2D eigenvalue weighted by molar-refractivity contribution is 0.0880. The second-order valence-electron chi connectivity index (χ2n) is 7.25. The standard InChI is InChI=1S/C23H17ClN2O5/c1-31-17-4-2-3-14(24)18(17)13-10-16-19(21-20(13)22(29)25-23(21)30)12-9-11(28)5-6-15(12)26(16)7-8-27/h2-6,9-10,27-28H,7-8H2,1H3,(H,25,29,30). The van der Waals surface area contributed by atoms with Gasteiger partial charge in [-0.05, 0) is 36.4 Å². The van der Waals surface area contributed by atoms with E-state index in [1.807, 2.05) is 4.57 Å². The van der Waals surface area contributed by atoms with Crippen LogP contribution in [0.4, 0.5) is 0 Å². The number of aliphatic hydroxyl groups is 1. The lowest BCUT2D eigenvalue weighted by atomic mass is 9.92. The van der Waals surface area contributed by atoms with Crippen molar-refractivity contribution >= 4 is 45.2 Å².